The van der Waals surface area contributed by atoms with E-state index in [4.69, 9.17) is 5.73 Å². The van der Waals surface area contributed by atoms with E-state index < -0.39 is 0 Å². The first-order valence-corrected chi connectivity index (χ1v) is 8.61. The Morgan fingerprint density at radius 3 is 2.40 bits per heavy atom. The van der Waals surface area contributed by atoms with E-state index in [-0.39, 0.29) is 0 Å². The summed E-state index contributed by atoms with van der Waals surface area (Å²) in [6, 6.07) is 1.21. The van der Waals surface area contributed by atoms with Crippen LogP contribution in [-0.2, 0) is 0 Å². The van der Waals surface area contributed by atoms with Gasteiger partial charge >= 0.3 is 0 Å². The minimum Gasteiger partial charge on any atom is -0.327 e. The minimum atomic E-state index is 0.429. The Hall–Kier alpha value is -0.120. The van der Waals surface area contributed by atoms with Crippen LogP contribution in [0.25, 0.3) is 0 Å². The van der Waals surface area contributed by atoms with Crippen molar-refractivity contribution in [2.75, 3.05) is 33.7 Å². The lowest BCUT2D eigenvalue weighted by Crippen LogP contribution is -2.48. The Labute approximate surface area is 125 Å². The van der Waals surface area contributed by atoms with E-state index in [1.54, 1.807) is 0 Å². The zero-order valence-electron chi connectivity index (χ0n) is 14.0. The molecule has 3 heteroatoms. The highest BCUT2D eigenvalue weighted by Crippen LogP contribution is 2.34. The molecule has 118 valence electrons. The SMILES string of the molecule is CC(C)C1CCC(N)C(CN(C)C2CCN(C)CC2)C1. The van der Waals surface area contributed by atoms with E-state index in [9.17, 15) is 0 Å². The third kappa shape index (κ3) is 4.19. The molecular weight excluding hydrogens is 246 g/mol. The van der Waals surface area contributed by atoms with E-state index >= 15 is 0 Å². The summed E-state index contributed by atoms with van der Waals surface area (Å²) in [5.74, 6) is 2.42. The van der Waals surface area contributed by atoms with Crippen molar-refractivity contribution in [2.24, 2.45) is 23.5 Å². The zero-order valence-corrected chi connectivity index (χ0v) is 14.0. The number of hydrogen-bond donors (Lipinski definition) is 1. The third-order valence-corrected chi connectivity index (χ3v) is 5.86. The molecule has 0 aromatic carbocycles. The molecule has 3 nitrogen and oxygen atoms in total. The van der Waals surface area contributed by atoms with Crippen LogP contribution in [0, 0.1) is 17.8 Å². The van der Waals surface area contributed by atoms with Crippen molar-refractivity contribution in [2.45, 2.75) is 58.0 Å². The normalized spacial score (nSPS) is 34.0. The van der Waals surface area contributed by atoms with Crippen molar-refractivity contribution in [3.8, 4) is 0 Å². The monoisotopic (exact) mass is 281 g/mol. The fourth-order valence-electron chi connectivity index (χ4n) is 4.09. The molecule has 2 aliphatic rings. The van der Waals surface area contributed by atoms with Gasteiger partial charge in [0.2, 0.25) is 0 Å². The van der Waals surface area contributed by atoms with E-state index in [2.05, 4.69) is 37.7 Å². The van der Waals surface area contributed by atoms with Crippen LogP contribution in [0.2, 0.25) is 0 Å². The summed E-state index contributed by atoms with van der Waals surface area (Å²) < 4.78 is 0. The second-order valence-corrected chi connectivity index (χ2v) is 7.72. The summed E-state index contributed by atoms with van der Waals surface area (Å²) in [5, 5.41) is 0. The zero-order chi connectivity index (χ0) is 14.7. The Balaban J connectivity index is 1.84. The molecule has 1 aliphatic heterocycles. The van der Waals surface area contributed by atoms with Gasteiger partial charge in [-0.05, 0) is 77.0 Å². The summed E-state index contributed by atoms with van der Waals surface area (Å²) >= 11 is 0. The lowest BCUT2D eigenvalue weighted by Gasteiger charge is -2.41. The first-order valence-electron chi connectivity index (χ1n) is 8.61. The van der Waals surface area contributed by atoms with Gasteiger partial charge in [0.25, 0.3) is 0 Å². The summed E-state index contributed by atoms with van der Waals surface area (Å²) in [6.45, 7) is 8.46. The highest BCUT2D eigenvalue weighted by molar-refractivity contribution is 4.87. The predicted molar refractivity (Wildman–Crippen MR) is 86.8 cm³/mol. The maximum absolute atomic E-state index is 6.41. The molecular formula is C17H35N3. The van der Waals surface area contributed by atoms with Crippen molar-refractivity contribution < 1.29 is 0 Å². The van der Waals surface area contributed by atoms with E-state index in [0.29, 0.717) is 12.0 Å². The number of nitrogens with two attached hydrogens (primary N) is 1. The van der Waals surface area contributed by atoms with Crippen LogP contribution in [0.5, 0.6) is 0 Å². The van der Waals surface area contributed by atoms with Gasteiger partial charge in [0.1, 0.15) is 0 Å². The van der Waals surface area contributed by atoms with Crippen LogP contribution < -0.4 is 5.73 Å². The molecule has 0 amide bonds. The van der Waals surface area contributed by atoms with Gasteiger partial charge in [-0.25, -0.2) is 0 Å². The average molecular weight is 281 g/mol. The van der Waals surface area contributed by atoms with Crippen LogP contribution in [0.1, 0.15) is 46.0 Å². The molecule has 2 fully saturated rings. The molecule has 3 unspecified atom stereocenters. The first-order chi connectivity index (χ1) is 9.47. The van der Waals surface area contributed by atoms with Crippen LogP contribution >= 0.6 is 0 Å². The molecule has 0 aromatic rings. The largest absolute Gasteiger partial charge is 0.327 e. The Morgan fingerprint density at radius 2 is 1.80 bits per heavy atom. The van der Waals surface area contributed by atoms with Crippen LogP contribution in [0.4, 0.5) is 0 Å². The molecule has 0 radical (unpaired) electrons. The van der Waals surface area contributed by atoms with Gasteiger partial charge in [0.05, 0.1) is 0 Å². The topological polar surface area (TPSA) is 32.5 Å². The predicted octanol–water partition coefficient (Wildman–Crippen LogP) is 2.41. The van der Waals surface area contributed by atoms with Gasteiger partial charge in [0.15, 0.2) is 0 Å². The van der Waals surface area contributed by atoms with Gasteiger partial charge in [-0.3, -0.25) is 0 Å². The van der Waals surface area contributed by atoms with E-state index in [0.717, 1.165) is 17.9 Å². The summed E-state index contributed by atoms with van der Waals surface area (Å²) in [7, 11) is 4.56. The molecule has 2 N–H and O–H groups in total. The minimum absolute atomic E-state index is 0.429. The van der Waals surface area contributed by atoms with Crippen molar-refractivity contribution in [3.63, 3.8) is 0 Å². The molecule has 3 atom stereocenters. The van der Waals surface area contributed by atoms with Gasteiger partial charge in [0, 0.05) is 18.6 Å². The summed E-state index contributed by atoms with van der Waals surface area (Å²) in [6.07, 6.45) is 6.56. The first kappa shape index (κ1) is 16.3. The smallest absolute Gasteiger partial charge is 0.0117 e. The van der Waals surface area contributed by atoms with Crippen LogP contribution in [0.3, 0.4) is 0 Å². The second-order valence-electron chi connectivity index (χ2n) is 7.72. The van der Waals surface area contributed by atoms with Crippen LogP contribution in [0.15, 0.2) is 0 Å². The van der Waals surface area contributed by atoms with Gasteiger partial charge in [-0.1, -0.05) is 13.8 Å². The van der Waals surface area contributed by atoms with Crippen molar-refractivity contribution in [1.29, 1.82) is 0 Å². The van der Waals surface area contributed by atoms with Gasteiger partial charge in [-0.15, -0.1) is 0 Å². The molecule has 1 saturated heterocycles. The fourth-order valence-corrected chi connectivity index (χ4v) is 4.09. The quantitative estimate of drug-likeness (QED) is 0.859. The average Bonchev–Trinajstić information content (AvgIpc) is 2.41. The highest BCUT2D eigenvalue weighted by Gasteiger charge is 2.31. The van der Waals surface area contributed by atoms with Crippen molar-refractivity contribution >= 4 is 0 Å². The number of hydrogen-bond acceptors (Lipinski definition) is 3. The molecule has 1 aliphatic carbocycles. The molecule has 1 saturated carbocycles. The molecule has 0 spiro atoms. The highest BCUT2D eigenvalue weighted by atomic mass is 15.2. The van der Waals surface area contributed by atoms with Crippen molar-refractivity contribution in [3.05, 3.63) is 0 Å². The number of rotatable bonds is 4. The molecule has 20 heavy (non-hydrogen) atoms. The maximum Gasteiger partial charge on any atom is 0.0117 e. The molecule has 0 aromatic heterocycles. The second kappa shape index (κ2) is 7.24. The maximum atomic E-state index is 6.41. The third-order valence-electron chi connectivity index (χ3n) is 5.86. The lowest BCUT2D eigenvalue weighted by molar-refractivity contribution is 0.0965. The Morgan fingerprint density at radius 1 is 1.15 bits per heavy atom. The molecule has 2 rings (SSSR count). The fraction of sp³-hybridized carbons (Fsp3) is 1.00. The number of piperidine rings is 1. The standard InChI is InChI=1S/C17H35N3/c1-13(2)14-5-6-17(18)15(11-14)12-20(4)16-7-9-19(3)10-8-16/h13-17H,5-12,18H2,1-4H3. The van der Waals surface area contributed by atoms with Crippen LogP contribution in [-0.4, -0.2) is 55.6 Å². The summed E-state index contributed by atoms with van der Waals surface area (Å²) in [5.41, 5.74) is 6.41. The molecule has 0 bridgehead atoms. The Bertz CT molecular complexity index is 284. The van der Waals surface area contributed by atoms with Crippen molar-refractivity contribution in [1.82, 2.24) is 9.80 Å². The lowest BCUT2D eigenvalue weighted by atomic mass is 9.73. The number of nitrogens with zero attached hydrogens (tertiary/aromatic N) is 2. The van der Waals surface area contributed by atoms with E-state index in [1.165, 1.54) is 51.7 Å². The van der Waals surface area contributed by atoms with E-state index in [1.807, 2.05) is 0 Å². The number of likely N-dealkylation sites (tertiary alicyclic amines) is 1. The molecule has 1 heterocycles. The Kier molecular flexibility index (Phi) is 5.88. The van der Waals surface area contributed by atoms with Gasteiger partial charge < -0.3 is 15.5 Å². The summed E-state index contributed by atoms with van der Waals surface area (Å²) in [4.78, 5) is 5.06. The van der Waals surface area contributed by atoms with Gasteiger partial charge in [-0.2, -0.15) is 0 Å².